The first-order chi connectivity index (χ1) is 15.0. The molecule has 0 bridgehead atoms. The van der Waals surface area contributed by atoms with Gasteiger partial charge in [-0.05, 0) is 69.9 Å². The fourth-order valence-electron chi connectivity index (χ4n) is 3.45. The Bertz CT molecular complexity index is 945. The lowest BCUT2D eigenvalue weighted by molar-refractivity contribution is -0.134. The van der Waals surface area contributed by atoms with Gasteiger partial charge in [-0.3, -0.25) is 9.59 Å². The number of hydrogen-bond donors (Lipinski definition) is 1. The van der Waals surface area contributed by atoms with Crippen LogP contribution in [-0.4, -0.2) is 49.2 Å². The number of amides is 2. The zero-order chi connectivity index (χ0) is 22.2. The van der Waals surface area contributed by atoms with Crippen LogP contribution in [0.4, 0.5) is 0 Å². The second kappa shape index (κ2) is 10.7. The molecule has 1 aliphatic heterocycles. The molecule has 0 radical (unpaired) electrons. The zero-order valence-electron chi connectivity index (χ0n) is 18.3. The van der Waals surface area contributed by atoms with Gasteiger partial charge in [-0.15, -0.1) is 0 Å². The summed E-state index contributed by atoms with van der Waals surface area (Å²) in [6, 6.07) is 6.95. The summed E-state index contributed by atoms with van der Waals surface area (Å²) < 4.78 is 16.8. The summed E-state index contributed by atoms with van der Waals surface area (Å²) in [5.74, 6) is 1.88. The molecule has 1 N–H and O–H groups in total. The van der Waals surface area contributed by atoms with Crippen molar-refractivity contribution in [2.24, 2.45) is 5.10 Å². The van der Waals surface area contributed by atoms with Crippen LogP contribution < -0.4 is 14.9 Å². The lowest BCUT2D eigenvalue weighted by atomic mass is 10.1. The Morgan fingerprint density at radius 3 is 2.58 bits per heavy atom. The second-order valence-corrected chi connectivity index (χ2v) is 7.40. The molecule has 1 fully saturated rings. The quantitative estimate of drug-likeness (QED) is 0.514. The Kier molecular flexibility index (Phi) is 7.70. The first-order valence-electron chi connectivity index (χ1n) is 10.6. The van der Waals surface area contributed by atoms with Crippen molar-refractivity contribution in [1.82, 2.24) is 10.3 Å². The van der Waals surface area contributed by atoms with Gasteiger partial charge in [0.2, 0.25) is 0 Å². The molecular formula is C23H29N3O5. The van der Waals surface area contributed by atoms with Crippen LogP contribution in [0.2, 0.25) is 0 Å². The van der Waals surface area contributed by atoms with Gasteiger partial charge in [-0.2, -0.15) is 5.10 Å². The Labute approximate surface area is 182 Å². The minimum Gasteiger partial charge on any atom is -0.490 e. The molecule has 166 valence electrons. The van der Waals surface area contributed by atoms with Gasteiger partial charge in [0.05, 0.1) is 18.4 Å². The third-order valence-corrected chi connectivity index (χ3v) is 4.99. The van der Waals surface area contributed by atoms with Crippen LogP contribution in [0.3, 0.4) is 0 Å². The molecule has 8 nitrogen and oxygen atoms in total. The minimum absolute atomic E-state index is 0.0136. The predicted octanol–water partition coefficient (Wildman–Crippen LogP) is 3.45. The molecule has 1 saturated heterocycles. The van der Waals surface area contributed by atoms with Crippen molar-refractivity contribution in [2.45, 2.75) is 40.0 Å². The van der Waals surface area contributed by atoms with Crippen molar-refractivity contribution in [2.75, 3.05) is 26.3 Å². The first kappa shape index (κ1) is 22.4. The van der Waals surface area contributed by atoms with Crippen LogP contribution in [0, 0.1) is 13.8 Å². The van der Waals surface area contributed by atoms with Gasteiger partial charge in [-0.25, -0.2) is 5.43 Å². The Hall–Kier alpha value is -3.29. The molecule has 0 atom stereocenters. The lowest BCUT2D eigenvalue weighted by Gasteiger charge is -2.26. The molecule has 1 aromatic carbocycles. The molecule has 1 aromatic heterocycles. The van der Waals surface area contributed by atoms with Gasteiger partial charge in [0.15, 0.2) is 18.1 Å². The van der Waals surface area contributed by atoms with Crippen LogP contribution in [0.15, 0.2) is 33.8 Å². The van der Waals surface area contributed by atoms with E-state index in [9.17, 15) is 9.59 Å². The molecule has 31 heavy (non-hydrogen) atoms. The van der Waals surface area contributed by atoms with Crippen molar-refractivity contribution in [3.63, 3.8) is 0 Å². The van der Waals surface area contributed by atoms with E-state index in [0.29, 0.717) is 35.2 Å². The van der Waals surface area contributed by atoms with Crippen molar-refractivity contribution in [3.8, 4) is 11.5 Å². The highest BCUT2D eigenvalue weighted by molar-refractivity contribution is 5.95. The van der Waals surface area contributed by atoms with Crippen LogP contribution in [0.25, 0.3) is 0 Å². The molecule has 0 aliphatic carbocycles. The molecular weight excluding hydrogens is 398 g/mol. The Morgan fingerprint density at radius 2 is 1.90 bits per heavy atom. The maximum Gasteiger partial charge on any atom is 0.274 e. The first-order valence-corrected chi connectivity index (χ1v) is 10.6. The summed E-state index contributed by atoms with van der Waals surface area (Å²) in [6.45, 7) is 7.40. The van der Waals surface area contributed by atoms with Gasteiger partial charge < -0.3 is 18.8 Å². The standard InChI is InChI=1S/C23H29N3O5/c1-4-29-21-13-18(14-24-25-23(28)19-12-16(2)31-17(19)3)8-9-20(21)30-15-22(27)26-10-6-5-7-11-26/h8-9,12-14H,4-7,10-11,15H2,1-3H3,(H,25,28)/b24-14+. The number of carbonyl (C=O) groups is 2. The summed E-state index contributed by atoms with van der Waals surface area (Å²) in [4.78, 5) is 26.4. The van der Waals surface area contributed by atoms with Crippen LogP contribution >= 0.6 is 0 Å². The summed E-state index contributed by atoms with van der Waals surface area (Å²) in [5.41, 5.74) is 3.66. The number of nitrogens with one attached hydrogen (secondary N) is 1. The summed E-state index contributed by atoms with van der Waals surface area (Å²) >= 11 is 0. The average molecular weight is 428 g/mol. The summed E-state index contributed by atoms with van der Waals surface area (Å²) in [5, 5.41) is 4.01. The van der Waals surface area contributed by atoms with E-state index >= 15 is 0 Å². The molecule has 0 spiro atoms. The molecule has 2 heterocycles. The number of hydrogen-bond acceptors (Lipinski definition) is 6. The molecule has 2 amide bonds. The van der Waals surface area contributed by atoms with E-state index in [4.69, 9.17) is 13.9 Å². The number of aryl methyl sites for hydroxylation is 2. The van der Waals surface area contributed by atoms with Crippen LogP contribution in [-0.2, 0) is 4.79 Å². The van der Waals surface area contributed by atoms with Gasteiger partial charge in [0.25, 0.3) is 11.8 Å². The summed E-state index contributed by atoms with van der Waals surface area (Å²) in [6.07, 6.45) is 4.77. The Balaban J connectivity index is 1.61. The second-order valence-electron chi connectivity index (χ2n) is 7.40. The van der Waals surface area contributed by atoms with Crippen LogP contribution in [0.5, 0.6) is 11.5 Å². The van der Waals surface area contributed by atoms with E-state index in [-0.39, 0.29) is 18.4 Å². The number of ether oxygens (including phenoxy) is 2. The SMILES string of the molecule is CCOc1cc(/C=N/NC(=O)c2cc(C)oc2C)ccc1OCC(=O)N1CCCCC1. The normalized spacial score (nSPS) is 14.0. The maximum atomic E-state index is 12.3. The number of benzene rings is 1. The van der Waals surface area contributed by atoms with E-state index in [1.165, 1.54) is 12.6 Å². The van der Waals surface area contributed by atoms with Gasteiger partial charge in [0.1, 0.15) is 11.5 Å². The average Bonchev–Trinajstić information content (AvgIpc) is 3.11. The van der Waals surface area contributed by atoms with Crippen molar-refractivity contribution in [3.05, 3.63) is 46.9 Å². The highest BCUT2D eigenvalue weighted by Gasteiger charge is 2.18. The van der Waals surface area contributed by atoms with E-state index in [2.05, 4.69) is 10.5 Å². The number of hydrazone groups is 1. The molecule has 8 heteroatoms. The van der Waals surface area contributed by atoms with E-state index in [1.54, 1.807) is 38.1 Å². The third-order valence-electron chi connectivity index (χ3n) is 4.99. The third kappa shape index (κ3) is 6.10. The lowest BCUT2D eigenvalue weighted by Crippen LogP contribution is -2.38. The highest BCUT2D eigenvalue weighted by atomic mass is 16.5. The highest BCUT2D eigenvalue weighted by Crippen LogP contribution is 2.28. The number of carbonyl (C=O) groups excluding carboxylic acids is 2. The summed E-state index contributed by atoms with van der Waals surface area (Å²) in [7, 11) is 0. The number of rotatable bonds is 8. The number of nitrogens with zero attached hydrogens (tertiary/aromatic N) is 2. The topological polar surface area (TPSA) is 93.4 Å². The number of likely N-dealkylation sites (tertiary alicyclic amines) is 1. The van der Waals surface area contributed by atoms with Crippen LogP contribution in [0.1, 0.15) is 53.6 Å². The van der Waals surface area contributed by atoms with E-state index in [0.717, 1.165) is 31.5 Å². The molecule has 3 rings (SSSR count). The fourth-order valence-corrected chi connectivity index (χ4v) is 3.45. The number of furan rings is 1. The molecule has 2 aromatic rings. The van der Waals surface area contributed by atoms with Crippen molar-refractivity contribution >= 4 is 18.0 Å². The fraction of sp³-hybridized carbons (Fsp3) is 0.435. The molecule has 1 aliphatic rings. The van der Waals surface area contributed by atoms with E-state index in [1.807, 2.05) is 11.8 Å². The van der Waals surface area contributed by atoms with Gasteiger partial charge in [-0.1, -0.05) is 0 Å². The minimum atomic E-state index is -0.341. The Morgan fingerprint density at radius 1 is 1.13 bits per heavy atom. The van der Waals surface area contributed by atoms with Crippen molar-refractivity contribution in [1.29, 1.82) is 0 Å². The maximum absolute atomic E-state index is 12.3. The monoisotopic (exact) mass is 427 g/mol. The molecule has 0 unspecified atom stereocenters. The van der Waals surface area contributed by atoms with Gasteiger partial charge in [0, 0.05) is 13.1 Å². The van der Waals surface area contributed by atoms with E-state index < -0.39 is 0 Å². The zero-order valence-corrected chi connectivity index (χ0v) is 18.3. The smallest absolute Gasteiger partial charge is 0.274 e. The van der Waals surface area contributed by atoms with Crippen molar-refractivity contribution < 1.29 is 23.5 Å². The molecule has 0 saturated carbocycles. The predicted molar refractivity (Wildman–Crippen MR) is 117 cm³/mol. The largest absolute Gasteiger partial charge is 0.490 e. The van der Waals surface area contributed by atoms with Gasteiger partial charge >= 0.3 is 0 Å². The number of piperidine rings is 1.